The fraction of sp³-hybridized carbons (Fsp3) is 0.0833. The molecule has 0 saturated carbocycles. The molecule has 5 nitrogen and oxygen atoms in total. The van der Waals surface area contributed by atoms with E-state index in [1.165, 1.54) is 12.3 Å². The van der Waals surface area contributed by atoms with Crippen LogP contribution < -0.4 is 10.9 Å². The van der Waals surface area contributed by atoms with E-state index in [-0.39, 0.29) is 5.56 Å². The van der Waals surface area contributed by atoms with Crippen molar-refractivity contribution in [3.63, 3.8) is 0 Å². The van der Waals surface area contributed by atoms with E-state index in [0.29, 0.717) is 5.82 Å². The van der Waals surface area contributed by atoms with Crippen LogP contribution in [0.3, 0.4) is 0 Å². The molecule has 92 valence electrons. The van der Waals surface area contributed by atoms with E-state index in [1.54, 1.807) is 18.2 Å². The number of H-pyrrole nitrogens is 1. The fourth-order valence-corrected chi connectivity index (χ4v) is 1.62. The molecule has 6 heteroatoms. The van der Waals surface area contributed by atoms with Gasteiger partial charge in [0.1, 0.15) is 11.4 Å². The van der Waals surface area contributed by atoms with Crippen LogP contribution in [0.2, 0.25) is 0 Å². The van der Waals surface area contributed by atoms with Crippen molar-refractivity contribution in [2.24, 2.45) is 0 Å². The number of pyridine rings is 2. The molecule has 2 aromatic heterocycles. The topological polar surface area (TPSA) is 74.8 Å². The number of hydrogen-bond donors (Lipinski definition) is 2. The number of rotatable bonds is 2. The molecule has 0 aromatic carbocycles. The summed E-state index contributed by atoms with van der Waals surface area (Å²) in [7, 11) is 0. The Bertz CT molecular complexity index is 652. The molecule has 0 aliphatic rings. The van der Waals surface area contributed by atoms with E-state index in [1.807, 2.05) is 6.92 Å². The molecular weight excluding hydrogens is 298 g/mol. The molecule has 0 radical (unpaired) electrons. The normalized spacial score (nSPS) is 10.1. The highest BCUT2D eigenvalue weighted by molar-refractivity contribution is 9.10. The molecule has 18 heavy (non-hydrogen) atoms. The average Bonchev–Trinajstić information content (AvgIpc) is 2.34. The summed E-state index contributed by atoms with van der Waals surface area (Å²) in [4.78, 5) is 29.9. The van der Waals surface area contributed by atoms with Crippen molar-refractivity contribution in [3.8, 4) is 0 Å². The molecule has 2 heterocycles. The van der Waals surface area contributed by atoms with Crippen LogP contribution in [0.5, 0.6) is 0 Å². The first-order valence-corrected chi connectivity index (χ1v) is 5.99. The van der Waals surface area contributed by atoms with Gasteiger partial charge in [-0.25, -0.2) is 4.98 Å². The van der Waals surface area contributed by atoms with Crippen LogP contribution in [0.15, 0.2) is 39.7 Å². The monoisotopic (exact) mass is 307 g/mol. The molecule has 0 spiro atoms. The van der Waals surface area contributed by atoms with Crippen molar-refractivity contribution in [1.29, 1.82) is 0 Å². The van der Waals surface area contributed by atoms with Crippen LogP contribution in [0.4, 0.5) is 5.82 Å². The molecule has 2 rings (SSSR count). The van der Waals surface area contributed by atoms with E-state index in [0.717, 1.165) is 10.2 Å². The van der Waals surface area contributed by atoms with Gasteiger partial charge in [0.15, 0.2) is 0 Å². The standard InChI is InChI=1S/C12H10BrN3O2/c1-7-9(13)4-5-10(15-7)16-12(18)8-3-2-6-14-11(8)17/h2-6H,1H3,(H,14,17)(H,15,16,18). The van der Waals surface area contributed by atoms with E-state index >= 15 is 0 Å². The molecular formula is C12H10BrN3O2. The lowest BCUT2D eigenvalue weighted by molar-refractivity contribution is 0.102. The van der Waals surface area contributed by atoms with Gasteiger partial charge in [0.25, 0.3) is 11.5 Å². The second kappa shape index (κ2) is 5.14. The van der Waals surface area contributed by atoms with Gasteiger partial charge in [-0.3, -0.25) is 9.59 Å². The maximum atomic E-state index is 11.8. The van der Waals surface area contributed by atoms with Crippen molar-refractivity contribution in [2.45, 2.75) is 6.92 Å². The molecule has 0 aliphatic heterocycles. The van der Waals surface area contributed by atoms with E-state index in [9.17, 15) is 9.59 Å². The molecule has 1 amide bonds. The Morgan fingerprint density at radius 2 is 2.17 bits per heavy atom. The summed E-state index contributed by atoms with van der Waals surface area (Å²) in [5, 5.41) is 2.58. The van der Waals surface area contributed by atoms with Crippen molar-refractivity contribution in [1.82, 2.24) is 9.97 Å². The summed E-state index contributed by atoms with van der Waals surface area (Å²) in [6.45, 7) is 1.81. The number of carbonyl (C=O) groups excluding carboxylic acids is 1. The quantitative estimate of drug-likeness (QED) is 0.892. The van der Waals surface area contributed by atoms with Crippen LogP contribution >= 0.6 is 15.9 Å². The molecule has 0 fully saturated rings. The highest BCUT2D eigenvalue weighted by Gasteiger charge is 2.10. The molecule has 0 aliphatic carbocycles. The predicted octanol–water partition coefficient (Wildman–Crippen LogP) is 2.09. The van der Waals surface area contributed by atoms with Crippen molar-refractivity contribution in [3.05, 3.63) is 56.5 Å². The average molecular weight is 308 g/mol. The minimum Gasteiger partial charge on any atom is -0.328 e. The number of aromatic nitrogens is 2. The summed E-state index contributed by atoms with van der Waals surface area (Å²) in [6.07, 6.45) is 1.47. The van der Waals surface area contributed by atoms with Crippen LogP contribution in [-0.4, -0.2) is 15.9 Å². The summed E-state index contributed by atoms with van der Waals surface area (Å²) in [5.41, 5.74) is 0.387. The molecule has 2 N–H and O–H groups in total. The first-order valence-electron chi connectivity index (χ1n) is 5.20. The smallest absolute Gasteiger partial charge is 0.262 e. The summed E-state index contributed by atoms with van der Waals surface area (Å²) < 4.78 is 0.859. The number of aromatic amines is 1. The minimum atomic E-state index is -0.480. The van der Waals surface area contributed by atoms with Crippen molar-refractivity contribution in [2.75, 3.05) is 5.32 Å². The lowest BCUT2D eigenvalue weighted by Crippen LogP contribution is -2.22. The third kappa shape index (κ3) is 2.65. The van der Waals surface area contributed by atoms with Gasteiger partial charge in [-0.2, -0.15) is 0 Å². The second-order valence-corrected chi connectivity index (χ2v) is 4.49. The molecule has 0 unspecified atom stereocenters. The van der Waals surface area contributed by atoms with E-state index in [4.69, 9.17) is 0 Å². The van der Waals surface area contributed by atoms with E-state index < -0.39 is 11.5 Å². The Balaban J connectivity index is 2.24. The zero-order valence-corrected chi connectivity index (χ0v) is 11.1. The van der Waals surface area contributed by atoms with E-state index in [2.05, 4.69) is 31.2 Å². The number of aryl methyl sites for hydroxylation is 1. The number of nitrogens with one attached hydrogen (secondary N) is 2. The number of halogens is 1. The SMILES string of the molecule is Cc1nc(NC(=O)c2ccc[nH]c2=O)ccc1Br. The maximum absolute atomic E-state index is 11.8. The van der Waals surface area contributed by atoms with Crippen LogP contribution in [0.1, 0.15) is 16.1 Å². The number of nitrogens with zero attached hydrogens (tertiary/aromatic N) is 1. The van der Waals surface area contributed by atoms with Crippen LogP contribution in [-0.2, 0) is 0 Å². The fourth-order valence-electron chi connectivity index (χ4n) is 1.40. The van der Waals surface area contributed by atoms with Gasteiger partial charge < -0.3 is 10.3 Å². The summed E-state index contributed by atoms with van der Waals surface area (Å²) in [6, 6.07) is 6.50. The highest BCUT2D eigenvalue weighted by atomic mass is 79.9. The number of hydrogen-bond acceptors (Lipinski definition) is 3. The predicted molar refractivity (Wildman–Crippen MR) is 71.7 cm³/mol. The van der Waals surface area contributed by atoms with Gasteiger partial charge in [0.05, 0.1) is 5.69 Å². The van der Waals surface area contributed by atoms with Gasteiger partial charge in [-0.05, 0) is 47.1 Å². The number of carbonyl (C=O) groups is 1. The van der Waals surface area contributed by atoms with Crippen LogP contribution in [0, 0.1) is 6.92 Å². The Hall–Kier alpha value is -1.95. The third-order valence-electron chi connectivity index (χ3n) is 2.33. The number of amides is 1. The van der Waals surface area contributed by atoms with Crippen molar-refractivity contribution < 1.29 is 4.79 Å². The zero-order chi connectivity index (χ0) is 13.1. The highest BCUT2D eigenvalue weighted by Crippen LogP contribution is 2.16. The molecule has 0 atom stereocenters. The first-order chi connectivity index (χ1) is 8.58. The Morgan fingerprint density at radius 3 is 2.83 bits per heavy atom. The van der Waals surface area contributed by atoms with Gasteiger partial charge in [0.2, 0.25) is 0 Å². The van der Waals surface area contributed by atoms with Gasteiger partial charge >= 0.3 is 0 Å². The summed E-state index contributed by atoms with van der Waals surface area (Å²) in [5.74, 6) is -0.0741. The lowest BCUT2D eigenvalue weighted by atomic mass is 10.2. The Labute approximate surface area is 111 Å². The zero-order valence-electron chi connectivity index (χ0n) is 9.53. The third-order valence-corrected chi connectivity index (χ3v) is 3.16. The Morgan fingerprint density at radius 1 is 1.39 bits per heavy atom. The lowest BCUT2D eigenvalue weighted by Gasteiger charge is -2.05. The molecule has 2 aromatic rings. The van der Waals surface area contributed by atoms with Crippen LogP contribution in [0.25, 0.3) is 0 Å². The second-order valence-electron chi connectivity index (χ2n) is 3.63. The Kier molecular flexibility index (Phi) is 3.57. The molecule has 0 bridgehead atoms. The first kappa shape index (κ1) is 12.5. The summed E-state index contributed by atoms with van der Waals surface area (Å²) >= 11 is 3.32. The molecule has 0 saturated heterocycles. The minimum absolute atomic E-state index is 0.0554. The van der Waals surface area contributed by atoms with Gasteiger partial charge in [0, 0.05) is 10.7 Å². The largest absolute Gasteiger partial charge is 0.328 e. The number of anilines is 1. The maximum Gasteiger partial charge on any atom is 0.262 e. The van der Waals surface area contributed by atoms with Gasteiger partial charge in [-0.1, -0.05) is 0 Å². The van der Waals surface area contributed by atoms with Gasteiger partial charge in [-0.15, -0.1) is 0 Å². The van der Waals surface area contributed by atoms with Crippen molar-refractivity contribution >= 4 is 27.7 Å².